The fraction of sp³-hybridized carbons (Fsp3) is 0.0233. The molecule has 204 valence electrons. The smallest absolute Gasteiger partial charge is 0.0574 e. The molecule has 1 nitrogen and oxygen atoms in total. The Balaban J connectivity index is 1.12. The molecule has 10 rings (SSSR count). The molecule has 0 aliphatic carbocycles. The molecule has 1 aromatic heterocycles. The second-order valence-electron chi connectivity index (χ2n) is 12.1. The van der Waals surface area contributed by atoms with Crippen LogP contribution in [0, 0.1) is 0 Å². The summed E-state index contributed by atoms with van der Waals surface area (Å²) in [6.07, 6.45) is 0. The molecule has 0 saturated carbocycles. The van der Waals surface area contributed by atoms with Gasteiger partial charge in [-0.05, 0) is 90.0 Å². The summed E-state index contributed by atoms with van der Waals surface area (Å²) in [6, 6.07) is 56.2. The number of hydrogen-bond donors (Lipinski definition) is 0. The lowest BCUT2D eigenvalue weighted by Gasteiger charge is -2.21. The molecule has 0 unspecified atom stereocenters. The number of hydrogen-bond acceptors (Lipinski definition) is 0. The summed E-state index contributed by atoms with van der Waals surface area (Å²) in [5.41, 5.74) is 11.7. The molecule has 44 heavy (non-hydrogen) atoms. The van der Waals surface area contributed by atoms with Crippen molar-refractivity contribution in [1.82, 2.24) is 4.57 Å². The Labute approximate surface area is 255 Å². The first-order valence-electron chi connectivity index (χ1n) is 15.4. The van der Waals surface area contributed by atoms with E-state index in [1.54, 1.807) is 0 Å². The van der Waals surface area contributed by atoms with E-state index in [0.29, 0.717) is 0 Å². The van der Waals surface area contributed by atoms with E-state index in [1.807, 2.05) is 0 Å². The van der Waals surface area contributed by atoms with Gasteiger partial charge in [0, 0.05) is 28.4 Å². The van der Waals surface area contributed by atoms with Gasteiger partial charge in [-0.1, -0.05) is 127 Å². The summed E-state index contributed by atoms with van der Waals surface area (Å²) in [7, 11) is 0. The summed E-state index contributed by atoms with van der Waals surface area (Å²) < 4.78 is 2.50. The molecule has 0 radical (unpaired) electrons. The van der Waals surface area contributed by atoms with Gasteiger partial charge >= 0.3 is 0 Å². The average Bonchev–Trinajstić information content (AvgIpc) is 3.42. The SMILES string of the molecule is c1cc(-c2ccc3c(c2)-c2cccc4c5ccccc5n(c24)C3)cc(-c2ccc3c4ccccc4c4ccccc4c3c2)c1. The molecule has 0 fully saturated rings. The van der Waals surface area contributed by atoms with Crippen LogP contribution in [0.25, 0.3) is 87.5 Å². The van der Waals surface area contributed by atoms with Gasteiger partial charge in [0.15, 0.2) is 0 Å². The summed E-state index contributed by atoms with van der Waals surface area (Å²) in [4.78, 5) is 0. The Morgan fingerprint density at radius 3 is 1.64 bits per heavy atom. The van der Waals surface area contributed by atoms with E-state index < -0.39 is 0 Å². The predicted molar refractivity (Wildman–Crippen MR) is 187 cm³/mol. The monoisotopic (exact) mass is 557 g/mol. The van der Waals surface area contributed by atoms with Crippen molar-refractivity contribution in [2.24, 2.45) is 0 Å². The Morgan fingerprint density at radius 2 is 0.886 bits per heavy atom. The molecule has 8 aromatic carbocycles. The van der Waals surface area contributed by atoms with E-state index >= 15 is 0 Å². The molecule has 1 heteroatoms. The van der Waals surface area contributed by atoms with Crippen molar-refractivity contribution in [3.8, 4) is 33.4 Å². The molecule has 9 aromatic rings. The van der Waals surface area contributed by atoms with Gasteiger partial charge in [-0.15, -0.1) is 0 Å². The van der Waals surface area contributed by atoms with Gasteiger partial charge < -0.3 is 4.57 Å². The molecule has 0 amide bonds. The van der Waals surface area contributed by atoms with Gasteiger partial charge in [-0.3, -0.25) is 0 Å². The lowest BCUT2D eigenvalue weighted by molar-refractivity contribution is 0.861. The van der Waals surface area contributed by atoms with Crippen LogP contribution in [-0.4, -0.2) is 4.57 Å². The van der Waals surface area contributed by atoms with Crippen molar-refractivity contribution in [2.45, 2.75) is 6.54 Å². The van der Waals surface area contributed by atoms with Crippen LogP contribution in [-0.2, 0) is 6.54 Å². The topological polar surface area (TPSA) is 4.93 Å². The van der Waals surface area contributed by atoms with Crippen LogP contribution < -0.4 is 0 Å². The van der Waals surface area contributed by atoms with E-state index in [4.69, 9.17) is 0 Å². The zero-order valence-corrected chi connectivity index (χ0v) is 24.1. The highest BCUT2D eigenvalue weighted by molar-refractivity contribution is 6.25. The molecule has 0 spiro atoms. The molecule has 2 heterocycles. The van der Waals surface area contributed by atoms with Gasteiger partial charge in [0.05, 0.1) is 5.52 Å². The maximum Gasteiger partial charge on any atom is 0.0574 e. The van der Waals surface area contributed by atoms with E-state index in [2.05, 4.69) is 156 Å². The first kappa shape index (κ1) is 23.9. The van der Waals surface area contributed by atoms with Crippen molar-refractivity contribution in [2.75, 3.05) is 0 Å². The van der Waals surface area contributed by atoms with Crippen molar-refractivity contribution >= 4 is 54.1 Å². The zero-order valence-electron chi connectivity index (χ0n) is 24.1. The number of benzene rings is 8. The van der Waals surface area contributed by atoms with Crippen LogP contribution in [0.1, 0.15) is 5.56 Å². The van der Waals surface area contributed by atoms with Crippen LogP contribution >= 0.6 is 0 Å². The first-order chi connectivity index (χ1) is 21.8. The second-order valence-corrected chi connectivity index (χ2v) is 12.1. The number of fused-ring (bicyclic) bond motifs is 11. The summed E-state index contributed by atoms with van der Waals surface area (Å²) in [5, 5.41) is 10.5. The fourth-order valence-electron chi connectivity index (χ4n) is 7.77. The van der Waals surface area contributed by atoms with Crippen LogP contribution in [0.5, 0.6) is 0 Å². The summed E-state index contributed by atoms with van der Waals surface area (Å²) in [6.45, 7) is 0.899. The van der Waals surface area contributed by atoms with E-state index in [-0.39, 0.29) is 0 Å². The highest BCUT2D eigenvalue weighted by Gasteiger charge is 2.22. The maximum atomic E-state index is 2.50. The molecule has 1 aliphatic rings. The molecule has 1 aliphatic heterocycles. The molecule has 0 N–H and O–H groups in total. The Morgan fingerprint density at radius 1 is 0.341 bits per heavy atom. The van der Waals surface area contributed by atoms with E-state index in [1.165, 1.54) is 93.1 Å². The maximum absolute atomic E-state index is 2.50. The summed E-state index contributed by atoms with van der Waals surface area (Å²) >= 11 is 0. The Hall–Kier alpha value is -5.66. The molecular formula is C43H27N. The first-order valence-corrected chi connectivity index (χ1v) is 15.4. The fourth-order valence-corrected chi connectivity index (χ4v) is 7.77. The van der Waals surface area contributed by atoms with Gasteiger partial charge in [0.1, 0.15) is 0 Å². The number of para-hydroxylation sites is 2. The Bertz CT molecular complexity index is 2600. The van der Waals surface area contributed by atoms with Crippen LogP contribution in [0.3, 0.4) is 0 Å². The average molecular weight is 558 g/mol. The normalized spacial score (nSPS) is 12.5. The van der Waals surface area contributed by atoms with Crippen molar-refractivity contribution in [3.63, 3.8) is 0 Å². The van der Waals surface area contributed by atoms with Crippen LogP contribution in [0.15, 0.2) is 152 Å². The lowest BCUT2D eigenvalue weighted by Crippen LogP contribution is -2.07. The molecule has 0 bridgehead atoms. The van der Waals surface area contributed by atoms with E-state index in [0.717, 1.165) is 6.54 Å². The number of nitrogens with zero attached hydrogens (tertiary/aromatic N) is 1. The Kier molecular flexibility index (Phi) is 4.84. The van der Waals surface area contributed by atoms with Gasteiger partial charge in [-0.25, -0.2) is 0 Å². The molecule has 0 saturated heterocycles. The molecular weight excluding hydrogens is 530 g/mol. The quantitative estimate of drug-likeness (QED) is 0.186. The third-order valence-corrected chi connectivity index (χ3v) is 9.79. The van der Waals surface area contributed by atoms with Gasteiger partial charge in [0.2, 0.25) is 0 Å². The number of aromatic nitrogens is 1. The minimum absolute atomic E-state index is 0.899. The molecule has 0 atom stereocenters. The highest BCUT2D eigenvalue weighted by atomic mass is 15.0. The van der Waals surface area contributed by atoms with Gasteiger partial charge in [-0.2, -0.15) is 0 Å². The second kappa shape index (κ2) is 8.92. The highest BCUT2D eigenvalue weighted by Crippen LogP contribution is 2.43. The minimum atomic E-state index is 0.899. The largest absolute Gasteiger partial charge is 0.335 e. The number of rotatable bonds is 2. The standard InChI is InChI=1S/C43H27N/c1-2-13-34-32(11-1)33-12-3-4-14-35(33)41-25-30(21-22-36(34)41)28-10-7-9-27(23-28)29-19-20-31-26-44-42-18-6-5-15-37(42)38-16-8-17-39(43(38)44)40(31)24-29/h1-25H,26H2. The van der Waals surface area contributed by atoms with Crippen LogP contribution in [0.4, 0.5) is 0 Å². The third kappa shape index (κ3) is 3.30. The zero-order chi connectivity index (χ0) is 28.8. The predicted octanol–water partition coefficient (Wildman–Crippen LogP) is 11.6. The van der Waals surface area contributed by atoms with Crippen molar-refractivity contribution in [1.29, 1.82) is 0 Å². The van der Waals surface area contributed by atoms with E-state index in [9.17, 15) is 0 Å². The van der Waals surface area contributed by atoms with Gasteiger partial charge in [0.25, 0.3) is 0 Å². The van der Waals surface area contributed by atoms with Crippen molar-refractivity contribution < 1.29 is 0 Å². The lowest BCUT2D eigenvalue weighted by atomic mass is 9.90. The van der Waals surface area contributed by atoms with Crippen molar-refractivity contribution in [3.05, 3.63) is 157 Å². The third-order valence-electron chi connectivity index (χ3n) is 9.79. The van der Waals surface area contributed by atoms with Crippen LogP contribution in [0.2, 0.25) is 0 Å². The minimum Gasteiger partial charge on any atom is -0.335 e. The summed E-state index contributed by atoms with van der Waals surface area (Å²) in [5.74, 6) is 0.